The molecule has 0 unspecified atom stereocenters. The molecule has 0 amide bonds. The number of rotatable bonds is 2. The first-order chi connectivity index (χ1) is 12.3. The SMILES string of the molecule is Cl.Cl.O=c1oc2nc(N3CCNCC3)ccc2cc1-c1cn2ccsc2n1. The molecule has 0 aliphatic carbocycles. The normalized spacial score (nSPS) is 14.1. The Labute approximate surface area is 170 Å². The molecule has 27 heavy (non-hydrogen) atoms. The zero-order valence-corrected chi connectivity index (χ0v) is 16.6. The minimum absolute atomic E-state index is 0. The van der Waals surface area contributed by atoms with Gasteiger partial charge in [-0.2, -0.15) is 4.98 Å². The van der Waals surface area contributed by atoms with Crippen molar-refractivity contribution in [3.63, 3.8) is 0 Å². The average Bonchev–Trinajstić information content (AvgIpc) is 3.23. The average molecular weight is 426 g/mol. The number of nitrogens with one attached hydrogen (secondary N) is 1. The fourth-order valence-electron chi connectivity index (χ4n) is 3.10. The first-order valence-corrected chi connectivity index (χ1v) is 8.99. The summed E-state index contributed by atoms with van der Waals surface area (Å²) in [4.78, 5) is 24.5. The van der Waals surface area contributed by atoms with Gasteiger partial charge in [-0.05, 0) is 18.2 Å². The van der Waals surface area contributed by atoms with Gasteiger partial charge in [-0.15, -0.1) is 36.2 Å². The van der Waals surface area contributed by atoms with Crippen molar-refractivity contribution in [2.75, 3.05) is 31.1 Å². The lowest BCUT2D eigenvalue weighted by molar-refractivity contribution is 0.547. The van der Waals surface area contributed by atoms with Crippen LogP contribution < -0.4 is 15.8 Å². The van der Waals surface area contributed by atoms with Crippen LogP contribution in [0.1, 0.15) is 0 Å². The van der Waals surface area contributed by atoms with Crippen molar-refractivity contribution in [1.29, 1.82) is 0 Å². The highest BCUT2D eigenvalue weighted by Crippen LogP contribution is 2.23. The lowest BCUT2D eigenvalue weighted by atomic mass is 10.2. The summed E-state index contributed by atoms with van der Waals surface area (Å²) < 4.78 is 7.39. The molecule has 4 aromatic heterocycles. The maximum atomic E-state index is 12.4. The highest BCUT2D eigenvalue weighted by Gasteiger charge is 2.15. The van der Waals surface area contributed by atoms with Crippen LogP contribution >= 0.6 is 36.2 Å². The van der Waals surface area contributed by atoms with E-state index in [1.54, 1.807) is 0 Å². The van der Waals surface area contributed by atoms with Gasteiger partial charge in [-0.25, -0.2) is 9.78 Å². The number of hydrogen-bond acceptors (Lipinski definition) is 7. The van der Waals surface area contributed by atoms with Crippen molar-refractivity contribution >= 4 is 58.0 Å². The van der Waals surface area contributed by atoms with E-state index in [9.17, 15) is 4.79 Å². The molecular weight excluding hydrogens is 409 g/mol. The molecule has 10 heteroatoms. The van der Waals surface area contributed by atoms with E-state index in [1.807, 2.05) is 40.4 Å². The Morgan fingerprint density at radius 1 is 1.15 bits per heavy atom. The Bertz CT molecular complexity index is 1100. The van der Waals surface area contributed by atoms with E-state index >= 15 is 0 Å². The molecule has 4 aromatic rings. The lowest BCUT2D eigenvalue weighted by Crippen LogP contribution is -2.43. The second-order valence-electron chi connectivity index (χ2n) is 5.97. The molecule has 5 rings (SSSR count). The number of aromatic nitrogens is 3. The monoisotopic (exact) mass is 425 g/mol. The highest BCUT2D eigenvalue weighted by atomic mass is 35.5. The van der Waals surface area contributed by atoms with E-state index in [-0.39, 0.29) is 24.8 Å². The number of fused-ring (bicyclic) bond motifs is 2. The van der Waals surface area contributed by atoms with Gasteiger partial charge in [-0.3, -0.25) is 4.40 Å². The highest BCUT2D eigenvalue weighted by molar-refractivity contribution is 7.15. The Morgan fingerprint density at radius 3 is 2.74 bits per heavy atom. The van der Waals surface area contributed by atoms with Crippen LogP contribution in [0, 0.1) is 0 Å². The van der Waals surface area contributed by atoms with E-state index in [4.69, 9.17) is 4.42 Å². The molecule has 0 spiro atoms. The first kappa shape index (κ1) is 19.6. The van der Waals surface area contributed by atoms with Gasteiger partial charge in [0.25, 0.3) is 0 Å². The summed E-state index contributed by atoms with van der Waals surface area (Å²) in [5.74, 6) is 0.840. The Hall–Kier alpha value is -2.13. The lowest BCUT2D eigenvalue weighted by Gasteiger charge is -2.28. The third kappa shape index (κ3) is 3.53. The van der Waals surface area contributed by atoms with Crippen LogP contribution in [-0.2, 0) is 0 Å². The summed E-state index contributed by atoms with van der Waals surface area (Å²) in [5.41, 5.74) is 1.03. The Balaban J connectivity index is 0.00000105. The molecule has 1 saturated heterocycles. The number of nitrogens with zero attached hydrogens (tertiary/aromatic N) is 4. The van der Waals surface area contributed by atoms with Crippen molar-refractivity contribution in [2.45, 2.75) is 0 Å². The van der Waals surface area contributed by atoms with Crippen molar-refractivity contribution < 1.29 is 4.42 Å². The molecule has 0 saturated carbocycles. The van der Waals surface area contributed by atoms with Crippen molar-refractivity contribution in [2.24, 2.45) is 0 Å². The van der Waals surface area contributed by atoms with Crippen LogP contribution in [0.15, 0.2) is 45.2 Å². The number of hydrogen-bond donors (Lipinski definition) is 1. The maximum Gasteiger partial charge on any atom is 0.347 e. The van der Waals surface area contributed by atoms with Gasteiger partial charge in [0.2, 0.25) is 5.71 Å². The van der Waals surface area contributed by atoms with Crippen LogP contribution in [0.3, 0.4) is 0 Å². The third-order valence-corrected chi connectivity index (χ3v) is 5.17. The zero-order chi connectivity index (χ0) is 16.8. The van der Waals surface area contributed by atoms with Gasteiger partial charge in [0.05, 0.1) is 11.3 Å². The number of thiazole rings is 1. The van der Waals surface area contributed by atoms with E-state index in [0.717, 1.165) is 42.3 Å². The predicted octanol–water partition coefficient (Wildman–Crippen LogP) is 2.82. The molecule has 0 radical (unpaired) electrons. The second-order valence-corrected chi connectivity index (χ2v) is 6.84. The Morgan fingerprint density at radius 2 is 1.96 bits per heavy atom. The summed E-state index contributed by atoms with van der Waals surface area (Å²) in [6.45, 7) is 3.65. The number of piperazine rings is 1. The number of halogens is 2. The van der Waals surface area contributed by atoms with Crippen molar-refractivity contribution in [3.05, 3.63) is 46.4 Å². The predicted molar refractivity (Wildman–Crippen MR) is 112 cm³/mol. The van der Waals surface area contributed by atoms with Crippen LogP contribution in [-0.4, -0.2) is 40.5 Å². The zero-order valence-electron chi connectivity index (χ0n) is 14.1. The van der Waals surface area contributed by atoms with Crippen LogP contribution in [0.5, 0.6) is 0 Å². The van der Waals surface area contributed by atoms with E-state index in [0.29, 0.717) is 17.0 Å². The molecule has 0 atom stereocenters. The van der Waals surface area contributed by atoms with E-state index in [1.165, 1.54) is 11.3 Å². The van der Waals surface area contributed by atoms with Crippen LogP contribution in [0.25, 0.3) is 27.3 Å². The third-order valence-electron chi connectivity index (χ3n) is 4.39. The largest absolute Gasteiger partial charge is 0.403 e. The van der Waals surface area contributed by atoms with Crippen molar-refractivity contribution in [1.82, 2.24) is 19.7 Å². The molecule has 5 heterocycles. The standard InChI is InChI=1S/C17H15N5O2S.2ClH/c23-16-12(13-10-22-7-8-25-17(22)19-13)9-11-1-2-14(20-15(11)24-16)21-5-3-18-4-6-21;;/h1-2,7-10,18H,3-6H2;2*1H. The molecule has 1 aliphatic rings. The molecule has 1 aliphatic heterocycles. The minimum Gasteiger partial charge on any atom is -0.403 e. The summed E-state index contributed by atoms with van der Waals surface area (Å²) in [6.07, 6.45) is 3.76. The fraction of sp³-hybridized carbons (Fsp3) is 0.235. The molecule has 0 aromatic carbocycles. The van der Waals surface area contributed by atoms with Crippen LogP contribution in [0.4, 0.5) is 5.82 Å². The molecule has 142 valence electrons. The fourth-order valence-corrected chi connectivity index (χ4v) is 3.80. The molecular formula is C17H17Cl2N5O2S. The summed E-state index contributed by atoms with van der Waals surface area (Å²) in [6, 6.07) is 5.73. The van der Waals surface area contributed by atoms with Gasteiger partial charge in [-0.1, -0.05) is 0 Å². The topological polar surface area (TPSA) is 75.7 Å². The first-order valence-electron chi connectivity index (χ1n) is 8.11. The summed E-state index contributed by atoms with van der Waals surface area (Å²) >= 11 is 1.53. The van der Waals surface area contributed by atoms with Crippen LogP contribution in [0.2, 0.25) is 0 Å². The number of pyridine rings is 1. The summed E-state index contributed by atoms with van der Waals surface area (Å²) in [5, 5.41) is 6.07. The number of imidazole rings is 1. The van der Waals surface area contributed by atoms with Crippen molar-refractivity contribution in [3.8, 4) is 11.3 Å². The summed E-state index contributed by atoms with van der Waals surface area (Å²) in [7, 11) is 0. The maximum absolute atomic E-state index is 12.4. The second kappa shape index (κ2) is 7.85. The van der Waals surface area contributed by atoms with E-state index < -0.39 is 5.63 Å². The Kier molecular flexibility index (Phi) is 5.71. The van der Waals surface area contributed by atoms with E-state index in [2.05, 4.69) is 20.2 Å². The molecule has 1 N–H and O–H groups in total. The number of anilines is 1. The van der Waals surface area contributed by atoms with Gasteiger partial charge in [0, 0.05) is 49.3 Å². The van der Waals surface area contributed by atoms with Gasteiger partial charge >= 0.3 is 5.63 Å². The quantitative estimate of drug-likeness (QED) is 0.532. The molecule has 1 fully saturated rings. The smallest absolute Gasteiger partial charge is 0.347 e. The minimum atomic E-state index is -0.414. The van der Waals surface area contributed by atoms with Gasteiger partial charge in [0.15, 0.2) is 4.96 Å². The molecule has 0 bridgehead atoms. The van der Waals surface area contributed by atoms with Gasteiger partial charge in [0.1, 0.15) is 5.82 Å². The van der Waals surface area contributed by atoms with Gasteiger partial charge < -0.3 is 14.6 Å². The molecule has 7 nitrogen and oxygen atoms in total.